The number of nitrogens with one attached hydrogen (secondary N) is 1. The summed E-state index contributed by atoms with van der Waals surface area (Å²) < 4.78 is 0. The minimum Gasteiger partial charge on any atom is -0.393 e. The SMILES string of the molecule is C[C@H](O)CCN[C@@H](C)c1ccc(Cl)cc1. The molecule has 0 aliphatic rings. The summed E-state index contributed by atoms with van der Waals surface area (Å²) in [6.07, 6.45) is 0.535. The van der Waals surface area contributed by atoms with E-state index in [2.05, 4.69) is 12.2 Å². The molecule has 2 N–H and O–H groups in total. The highest BCUT2D eigenvalue weighted by atomic mass is 35.5. The average Bonchev–Trinajstić information content (AvgIpc) is 2.18. The molecule has 3 heteroatoms. The van der Waals surface area contributed by atoms with Gasteiger partial charge >= 0.3 is 0 Å². The normalized spacial score (nSPS) is 14.9. The molecule has 84 valence electrons. The Morgan fingerprint density at radius 3 is 2.40 bits per heavy atom. The van der Waals surface area contributed by atoms with E-state index in [-0.39, 0.29) is 6.10 Å². The molecule has 15 heavy (non-hydrogen) atoms. The highest BCUT2D eigenvalue weighted by Gasteiger charge is 2.04. The second-order valence-corrected chi connectivity index (χ2v) is 4.30. The topological polar surface area (TPSA) is 32.3 Å². The largest absolute Gasteiger partial charge is 0.393 e. The zero-order chi connectivity index (χ0) is 11.3. The monoisotopic (exact) mass is 227 g/mol. The van der Waals surface area contributed by atoms with Crippen molar-refractivity contribution in [3.8, 4) is 0 Å². The summed E-state index contributed by atoms with van der Waals surface area (Å²) in [5.74, 6) is 0. The van der Waals surface area contributed by atoms with Crippen molar-refractivity contribution in [3.05, 3.63) is 34.9 Å². The highest BCUT2D eigenvalue weighted by Crippen LogP contribution is 2.15. The molecule has 0 aliphatic heterocycles. The van der Waals surface area contributed by atoms with Crippen LogP contribution in [0.15, 0.2) is 24.3 Å². The van der Waals surface area contributed by atoms with Crippen LogP contribution in [0.25, 0.3) is 0 Å². The van der Waals surface area contributed by atoms with Gasteiger partial charge in [-0.1, -0.05) is 23.7 Å². The van der Waals surface area contributed by atoms with Crippen molar-refractivity contribution in [2.45, 2.75) is 32.4 Å². The average molecular weight is 228 g/mol. The molecule has 0 fully saturated rings. The molecule has 1 rings (SSSR count). The van der Waals surface area contributed by atoms with Crippen LogP contribution in [-0.2, 0) is 0 Å². The van der Waals surface area contributed by atoms with Gasteiger partial charge in [-0.2, -0.15) is 0 Å². The number of hydrogen-bond donors (Lipinski definition) is 2. The number of aliphatic hydroxyl groups excluding tert-OH is 1. The predicted octanol–water partition coefficient (Wildman–Crippen LogP) is 2.76. The van der Waals surface area contributed by atoms with Crippen LogP contribution in [-0.4, -0.2) is 17.8 Å². The molecule has 0 saturated heterocycles. The Bertz CT molecular complexity index is 284. The van der Waals surface area contributed by atoms with E-state index in [0.29, 0.717) is 6.04 Å². The molecule has 0 aromatic heterocycles. The summed E-state index contributed by atoms with van der Waals surface area (Å²) in [4.78, 5) is 0. The Morgan fingerprint density at radius 2 is 1.87 bits per heavy atom. The fourth-order valence-corrected chi connectivity index (χ4v) is 1.50. The van der Waals surface area contributed by atoms with E-state index >= 15 is 0 Å². The van der Waals surface area contributed by atoms with Gasteiger partial charge in [0, 0.05) is 11.1 Å². The standard InChI is InChI=1S/C12H18ClNO/c1-9(15)7-8-14-10(2)11-3-5-12(13)6-4-11/h3-6,9-10,14-15H,7-8H2,1-2H3/t9-,10-/m0/s1. The summed E-state index contributed by atoms with van der Waals surface area (Å²) >= 11 is 5.81. The van der Waals surface area contributed by atoms with Crippen LogP contribution in [0.4, 0.5) is 0 Å². The first-order chi connectivity index (χ1) is 7.09. The first-order valence-electron chi connectivity index (χ1n) is 5.26. The Balaban J connectivity index is 2.40. The molecule has 0 aliphatic carbocycles. The number of benzene rings is 1. The third kappa shape index (κ3) is 4.65. The van der Waals surface area contributed by atoms with Crippen molar-refractivity contribution in [1.82, 2.24) is 5.32 Å². The van der Waals surface area contributed by atoms with Crippen LogP contribution in [0, 0.1) is 0 Å². The van der Waals surface area contributed by atoms with Crippen LogP contribution in [0.2, 0.25) is 5.02 Å². The molecule has 0 saturated carbocycles. The molecular weight excluding hydrogens is 210 g/mol. The van der Waals surface area contributed by atoms with Crippen molar-refractivity contribution in [2.75, 3.05) is 6.54 Å². The fraction of sp³-hybridized carbons (Fsp3) is 0.500. The van der Waals surface area contributed by atoms with Crippen molar-refractivity contribution in [2.24, 2.45) is 0 Å². The number of halogens is 1. The summed E-state index contributed by atoms with van der Waals surface area (Å²) in [5.41, 5.74) is 1.21. The first-order valence-corrected chi connectivity index (χ1v) is 5.64. The van der Waals surface area contributed by atoms with Crippen LogP contribution in [0.5, 0.6) is 0 Å². The van der Waals surface area contributed by atoms with Crippen LogP contribution in [0.3, 0.4) is 0 Å². The van der Waals surface area contributed by atoms with Gasteiger partial charge in [0.05, 0.1) is 6.10 Å². The van der Waals surface area contributed by atoms with Crippen molar-refractivity contribution >= 4 is 11.6 Å². The number of aliphatic hydroxyl groups is 1. The lowest BCUT2D eigenvalue weighted by molar-refractivity contribution is 0.182. The summed E-state index contributed by atoms with van der Waals surface area (Å²) in [6.45, 7) is 4.72. The molecule has 0 amide bonds. The first kappa shape index (κ1) is 12.5. The van der Waals surface area contributed by atoms with Gasteiger partial charge in [0.1, 0.15) is 0 Å². The van der Waals surface area contributed by atoms with E-state index in [1.54, 1.807) is 6.92 Å². The van der Waals surface area contributed by atoms with Gasteiger partial charge in [0.2, 0.25) is 0 Å². The van der Waals surface area contributed by atoms with E-state index in [9.17, 15) is 0 Å². The van der Waals surface area contributed by atoms with Crippen LogP contribution >= 0.6 is 11.6 Å². The lowest BCUT2D eigenvalue weighted by Crippen LogP contribution is -2.22. The quantitative estimate of drug-likeness (QED) is 0.811. The highest BCUT2D eigenvalue weighted by molar-refractivity contribution is 6.30. The van der Waals surface area contributed by atoms with Gasteiger partial charge in [-0.25, -0.2) is 0 Å². The zero-order valence-corrected chi connectivity index (χ0v) is 9.96. The third-order valence-electron chi connectivity index (χ3n) is 2.38. The minimum absolute atomic E-state index is 0.241. The predicted molar refractivity (Wildman–Crippen MR) is 64.2 cm³/mol. The second-order valence-electron chi connectivity index (χ2n) is 3.87. The maximum atomic E-state index is 9.11. The smallest absolute Gasteiger partial charge is 0.0524 e. The molecule has 0 unspecified atom stereocenters. The maximum Gasteiger partial charge on any atom is 0.0524 e. The maximum absolute atomic E-state index is 9.11. The third-order valence-corrected chi connectivity index (χ3v) is 2.63. The molecule has 0 heterocycles. The van der Waals surface area contributed by atoms with Gasteiger partial charge in [-0.15, -0.1) is 0 Å². The van der Waals surface area contributed by atoms with Crippen molar-refractivity contribution < 1.29 is 5.11 Å². The number of hydrogen-bond acceptors (Lipinski definition) is 2. The number of rotatable bonds is 5. The lowest BCUT2D eigenvalue weighted by Gasteiger charge is -2.14. The van der Waals surface area contributed by atoms with Crippen LogP contribution in [0.1, 0.15) is 31.9 Å². The van der Waals surface area contributed by atoms with E-state index in [0.717, 1.165) is 18.0 Å². The zero-order valence-electron chi connectivity index (χ0n) is 9.20. The summed E-state index contributed by atoms with van der Waals surface area (Å²) in [7, 11) is 0. The molecule has 2 nitrogen and oxygen atoms in total. The molecule has 0 radical (unpaired) electrons. The molecule has 1 aromatic carbocycles. The van der Waals surface area contributed by atoms with Gasteiger partial charge in [0.25, 0.3) is 0 Å². The van der Waals surface area contributed by atoms with E-state index in [4.69, 9.17) is 16.7 Å². The fourth-order valence-electron chi connectivity index (χ4n) is 1.38. The summed E-state index contributed by atoms with van der Waals surface area (Å²) in [5, 5.41) is 13.2. The van der Waals surface area contributed by atoms with E-state index in [1.807, 2.05) is 24.3 Å². The van der Waals surface area contributed by atoms with Crippen molar-refractivity contribution in [3.63, 3.8) is 0 Å². The Labute approximate surface area is 96.3 Å². The molecule has 1 aromatic rings. The van der Waals surface area contributed by atoms with E-state index in [1.165, 1.54) is 5.56 Å². The van der Waals surface area contributed by atoms with E-state index < -0.39 is 0 Å². The molecule has 0 spiro atoms. The van der Waals surface area contributed by atoms with Gasteiger partial charge in [-0.3, -0.25) is 0 Å². The van der Waals surface area contributed by atoms with Gasteiger partial charge in [-0.05, 0) is 44.5 Å². The lowest BCUT2D eigenvalue weighted by atomic mass is 10.1. The Morgan fingerprint density at radius 1 is 1.27 bits per heavy atom. The minimum atomic E-state index is -0.241. The van der Waals surface area contributed by atoms with Gasteiger partial charge < -0.3 is 10.4 Å². The van der Waals surface area contributed by atoms with Crippen LogP contribution < -0.4 is 5.32 Å². The Hall–Kier alpha value is -0.570. The van der Waals surface area contributed by atoms with Crippen molar-refractivity contribution in [1.29, 1.82) is 0 Å². The second kappa shape index (κ2) is 6.11. The Kier molecular flexibility index (Phi) is 5.09. The van der Waals surface area contributed by atoms with Gasteiger partial charge in [0.15, 0.2) is 0 Å². The molecular formula is C12H18ClNO. The molecule has 2 atom stereocenters. The summed E-state index contributed by atoms with van der Waals surface area (Å²) in [6, 6.07) is 8.11. The molecule has 0 bridgehead atoms.